The third kappa shape index (κ3) is 1.92. The van der Waals surface area contributed by atoms with Crippen molar-refractivity contribution in [3.8, 4) is 5.75 Å². The molecule has 0 fully saturated rings. The molecule has 0 aliphatic carbocycles. The molecule has 2 rings (SSSR count). The standard InChI is InChI=1S/C14H18O/c1-5-11-6-7-13-12(8-11)10(2)9-14(3,4)15-13/h5-8,10H,1,9H2,2-4H3/t10-/m0/s1. The lowest BCUT2D eigenvalue weighted by Crippen LogP contribution is -2.34. The summed E-state index contributed by atoms with van der Waals surface area (Å²) < 4.78 is 5.95. The molecule has 80 valence electrons. The fourth-order valence-corrected chi connectivity index (χ4v) is 2.36. The van der Waals surface area contributed by atoms with Crippen LogP contribution in [0, 0.1) is 0 Å². The Bertz CT molecular complexity index is 390. The third-order valence-electron chi connectivity index (χ3n) is 2.98. The van der Waals surface area contributed by atoms with Crippen LogP contribution in [-0.4, -0.2) is 5.60 Å². The second-order valence-electron chi connectivity index (χ2n) is 4.97. The minimum atomic E-state index is -0.0396. The third-order valence-corrected chi connectivity index (χ3v) is 2.98. The first-order chi connectivity index (χ1) is 7.02. The maximum absolute atomic E-state index is 5.95. The molecular formula is C14H18O. The van der Waals surface area contributed by atoms with E-state index in [0.717, 1.165) is 12.2 Å². The highest BCUT2D eigenvalue weighted by molar-refractivity contribution is 5.53. The second-order valence-corrected chi connectivity index (χ2v) is 4.97. The number of fused-ring (bicyclic) bond motifs is 1. The van der Waals surface area contributed by atoms with Gasteiger partial charge in [0.25, 0.3) is 0 Å². The second kappa shape index (κ2) is 3.41. The minimum Gasteiger partial charge on any atom is -0.488 e. The molecule has 0 bridgehead atoms. The molecule has 0 saturated carbocycles. The highest BCUT2D eigenvalue weighted by Crippen LogP contribution is 2.40. The maximum Gasteiger partial charge on any atom is 0.123 e. The van der Waals surface area contributed by atoms with Gasteiger partial charge in [-0.15, -0.1) is 0 Å². The molecule has 1 nitrogen and oxygen atoms in total. The molecule has 1 heteroatoms. The normalized spacial score (nSPS) is 22.7. The van der Waals surface area contributed by atoms with Gasteiger partial charge in [0.2, 0.25) is 0 Å². The van der Waals surface area contributed by atoms with Crippen LogP contribution in [0.4, 0.5) is 0 Å². The lowest BCUT2D eigenvalue weighted by Gasteiger charge is -2.36. The molecule has 0 spiro atoms. The Morgan fingerprint density at radius 1 is 1.47 bits per heavy atom. The van der Waals surface area contributed by atoms with Crippen molar-refractivity contribution in [3.05, 3.63) is 35.9 Å². The minimum absolute atomic E-state index is 0.0396. The highest BCUT2D eigenvalue weighted by atomic mass is 16.5. The van der Waals surface area contributed by atoms with Gasteiger partial charge in [-0.05, 0) is 49.4 Å². The summed E-state index contributed by atoms with van der Waals surface area (Å²) in [5.41, 5.74) is 2.44. The van der Waals surface area contributed by atoms with Crippen LogP contribution in [0.5, 0.6) is 5.75 Å². The van der Waals surface area contributed by atoms with Crippen molar-refractivity contribution >= 4 is 6.08 Å². The summed E-state index contributed by atoms with van der Waals surface area (Å²) >= 11 is 0. The Morgan fingerprint density at radius 2 is 2.20 bits per heavy atom. The van der Waals surface area contributed by atoms with Gasteiger partial charge >= 0.3 is 0 Å². The van der Waals surface area contributed by atoms with Crippen molar-refractivity contribution in [2.24, 2.45) is 0 Å². The van der Waals surface area contributed by atoms with Gasteiger partial charge in [0.15, 0.2) is 0 Å². The van der Waals surface area contributed by atoms with Gasteiger partial charge in [0.05, 0.1) is 0 Å². The van der Waals surface area contributed by atoms with E-state index >= 15 is 0 Å². The summed E-state index contributed by atoms with van der Waals surface area (Å²) in [5, 5.41) is 0. The zero-order valence-corrected chi connectivity index (χ0v) is 9.71. The molecule has 1 atom stereocenters. The summed E-state index contributed by atoms with van der Waals surface area (Å²) in [5.74, 6) is 1.59. The van der Waals surface area contributed by atoms with Gasteiger partial charge in [-0.2, -0.15) is 0 Å². The van der Waals surface area contributed by atoms with E-state index in [0.29, 0.717) is 5.92 Å². The monoisotopic (exact) mass is 202 g/mol. The molecule has 0 radical (unpaired) electrons. The van der Waals surface area contributed by atoms with Crippen LogP contribution in [-0.2, 0) is 0 Å². The van der Waals surface area contributed by atoms with Crippen molar-refractivity contribution in [2.45, 2.75) is 38.7 Å². The average molecular weight is 202 g/mol. The van der Waals surface area contributed by atoms with E-state index in [4.69, 9.17) is 4.74 Å². The Kier molecular flexibility index (Phi) is 2.34. The topological polar surface area (TPSA) is 9.23 Å². The highest BCUT2D eigenvalue weighted by Gasteiger charge is 2.31. The molecule has 0 saturated heterocycles. The predicted molar refractivity (Wildman–Crippen MR) is 64.3 cm³/mol. The van der Waals surface area contributed by atoms with E-state index in [9.17, 15) is 0 Å². The molecule has 1 aromatic carbocycles. The first-order valence-corrected chi connectivity index (χ1v) is 5.47. The summed E-state index contributed by atoms with van der Waals surface area (Å²) in [6.45, 7) is 10.3. The van der Waals surface area contributed by atoms with Gasteiger partial charge in [-0.3, -0.25) is 0 Å². The summed E-state index contributed by atoms with van der Waals surface area (Å²) in [6.07, 6.45) is 2.95. The Labute approximate surface area is 91.8 Å². The molecule has 1 aromatic rings. The first-order valence-electron chi connectivity index (χ1n) is 5.47. The summed E-state index contributed by atoms with van der Waals surface area (Å²) in [7, 11) is 0. The van der Waals surface area contributed by atoms with E-state index in [1.165, 1.54) is 11.1 Å². The van der Waals surface area contributed by atoms with Gasteiger partial charge in [-0.25, -0.2) is 0 Å². The first kappa shape index (κ1) is 10.3. The number of hydrogen-bond acceptors (Lipinski definition) is 1. The van der Waals surface area contributed by atoms with Gasteiger partial charge in [0.1, 0.15) is 11.4 Å². The van der Waals surface area contributed by atoms with Crippen LogP contribution in [0.2, 0.25) is 0 Å². The number of benzene rings is 1. The quantitative estimate of drug-likeness (QED) is 0.669. The molecular weight excluding hydrogens is 184 g/mol. The predicted octanol–water partition coefficient (Wildman–Crippen LogP) is 3.99. The van der Waals surface area contributed by atoms with Crippen LogP contribution in [0.3, 0.4) is 0 Å². The summed E-state index contributed by atoms with van der Waals surface area (Å²) in [4.78, 5) is 0. The molecule has 0 N–H and O–H groups in total. The van der Waals surface area contributed by atoms with E-state index < -0.39 is 0 Å². The largest absolute Gasteiger partial charge is 0.488 e. The summed E-state index contributed by atoms with van der Waals surface area (Å²) in [6, 6.07) is 6.30. The van der Waals surface area contributed by atoms with E-state index in [1.54, 1.807) is 0 Å². The average Bonchev–Trinajstić information content (AvgIpc) is 2.15. The van der Waals surface area contributed by atoms with Crippen LogP contribution >= 0.6 is 0 Å². The van der Waals surface area contributed by atoms with Crippen molar-refractivity contribution in [1.29, 1.82) is 0 Å². The van der Waals surface area contributed by atoms with E-state index in [1.807, 2.05) is 6.08 Å². The van der Waals surface area contributed by atoms with Crippen molar-refractivity contribution in [1.82, 2.24) is 0 Å². The molecule has 15 heavy (non-hydrogen) atoms. The Hall–Kier alpha value is -1.24. The van der Waals surface area contributed by atoms with Gasteiger partial charge in [-0.1, -0.05) is 25.6 Å². The van der Waals surface area contributed by atoms with Crippen molar-refractivity contribution in [3.63, 3.8) is 0 Å². The lowest BCUT2D eigenvalue weighted by atomic mass is 9.85. The molecule has 0 aromatic heterocycles. The zero-order chi connectivity index (χ0) is 11.1. The Morgan fingerprint density at radius 3 is 2.87 bits per heavy atom. The number of rotatable bonds is 1. The van der Waals surface area contributed by atoms with Crippen LogP contribution in [0.15, 0.2) is 24.8 Å². The van der Waals surface area contributed by atoms with Gasteiger partial charge < -0.3 is 4.74 Å². The number of ether oxygens (including phenoxy) is 1. The van der Waals surface area contributed by atoms with Crippen LogP contribution in [0.1, 0.15) is 44.2 Å². The van der Waals surface area contributed by atoms with Crippen LogP contribution in [0.25, 0.3) is 6.08 Å². The molecule has 0 unspecified atom stereocenters. The molecule has 1 aliphatic heterocycles. The van der Waals surface area contributed by atoms with Crippen molar-refractivity contribution in [2.75, 3.05) is 0 Å². The SMILES string of the molecule is C=Cc1ccc2c(c1)[C@@H](C)CC(C)(C)O2. The fraction of sp³-hybridized carbons (Fsp3) is 0.429. The number of hydrogen-bond donors (Lipinski definition) is 0. The van der Waals surface area contributed by atoms with E-state index in [2.05, 4.69) is 45.5 Å². The van der Waals surface area contributed by atoms with Crippen molar-refractivity contribution < 1.29 is 4.74 Å². The van der Waals surface area contributed by atoms with Crippen LogP contribution < -0.4 is 4.74 Å². The van der Waals surface area contributed by atoms with Gasteiger partial charge in [0, 0.05) is 0 Å². The maximum atomic E-state index is 5.95. The fourth-order valence-electron chi connectivity index (χ4n) is 2.36. The smallest absolute Gasteiger partial charge is 0.123 e. The van der Waals surface area contributed by atoms with E-state index in [-0.39, 0.29) is 5.60 Å². The molecule has 1 aliphatic rings. The zero-order valence-electron chi connectivity index (χ0n) is 9.71. The molecule has 0 amide bonds. The molecule has 1 heterocycles. The lowest BCUT2D eigenvalue weighted by molar-refractivity contribution is 0.0746. The Balaban J connectivity index is 2.45.